The van der Waals surface area contributed by atoms with Crippen molar-refractivity contribution in [2.24, 2.45) is 0 Å². The zero-order valence-corrected chi connectivity index (χ0v) is 10.2. The zero-order valence-electron chi connectivity index (χ0n) is 9.38. The summed E-state index contributed by atoms with van der Waals surface area (Å²) < 4.78 is 0. The van der Waals surface area contributed by atoms with Gasteiger partial charge in [0.25, 0.3) is 0 Å². The normalized spacial score (nSPS) is 10.4. The molecule has 0 atom stereocenters. The van der Waals surface area contributed by atoms with E-state index in [9.17, 15) is 4.79 Å². The lowest BCUT2D eigenvalue weighted by Gasteiger charge is -2.02. The van der Waals surface area contributed by atoms with E-state index < -0.39 is 5.97 Å². The van der Waals surface area contributed by atoms with E-state index in [4.69, 9.17) is 5.11 Å². The lowest BCUT2D eigenvalue weighted by molar-refractivity contribution is -0.136. The Labute approximate surface area is 103 Å². The summed E-state index contributed by atoms with van der Waals surface area (Å²) in [5, 5.41) is 11.3. The number of nitrogens with zero attached hydrogens (tertiary/aromatic N) is 2. The third-order valence-corrected chi connectivity index (χ3v) is 3.26. The van der Waals surface area contributed by atoms with Crippen molar-refractivity contribution in [3.8, 4) is 10.7 Å². The SMILES string of the molecule is CCc1cccnc1-c1nc(CC(=O)O)cs1. The summed E-state index contributed by atoms with van der Waals surface area (Å²) in [5.41, 5.74) is 2.57. The molecule has 2 rings (SSSR count). The van der Waals surface area contributed by atoms with Crippen molar-refractivity contribution in [3.05, 3.63) is 35.0 Å². The fourth-order valence-electron chi connectivity index (χ4n) is 1.57. The van der Waals surface area contributed by atoms with E-state index in [1.54, 1.807) is 11.6 Å². The van der Waals surface area contributed by atoms with Gasteiger partial charge in [0.05, 0.1) is 12.1 Å². The number of thiazole rings is 1. The second kappa shape index (κ2) is 5.05. The van der Waals surface area contributed by atoms with Gasteiger partial charge >= 0.3 is 5.97 Å². The molecule has 2 aromatic rings. The third kappa shape index (κ3) is 2.68. The lowest BCUT2D eigenvalue weighted by Crippen LogP contribution is -2.00. The van der Waals surface area contributed by atoms with Crippen LogP contribution in [0.2, 0.25) is 0 Å². The molecule has 0 radical (unpaired) electrons. The molecule has 88 valence electrons. The standard InChI is InChI=1S/C12H12N2O2S/c1-2-8-4-3-5-13-11(8)12-14-9(7-17-12)6-10(15)16/h3-5,7H,2,6H2,1H3,(H,15,16). The average molecular weight is 248 g/mol. The highest BCUT2D eigenvalue weighted by atomic mass is 32.1. The molecular formula is C12H12N2O2S. The Morgan fingerprint density at radius 3 is 3.06 bits per heavy atom. The molecule has 0 fully saturated rings. The van der Waals surface area contributed by atoms with Crippen LogP contribution in [0.4, 0.5) is 0 Å². The van der Waals surface area contributed by atoms with Gasteiger partial charge in [0.1, 0.15) is 10.7 Å². The topological polar surface area (TPSA) is 63.1 Å². The molecule has 2 heterocycles. The number of aromatic nitrogens is 2. The Balaban J connectivity index is 2.33. The largest absolute Gasteiger partial charge is 0.481 e. The molecule has 2 aromatic heterocycles. The number of carboxylic acids is 1. The third-order valence-electron chi connectivity index (χ3n) is 2.36. The molecule has 0 amide bonds. The van der Waals surface area contributed by atoms with Crippen LogP contribution in [0.5, 0.6) is 0 Å². The molecule has 5 heteroatoms. The summed E-state index contributed by atoms with van der Waals surface area (Å²) in [6.07, 6.45) is 2.58. The molecule has 17 heavy (non-hydrogen) atoms. The van der Waals surface area contributed by atoms with Gasteiger partial charge in [-0.2, -0.15) is 0 Å². The van der Waals surface area contributed by atoms with E-state index in [0.717, 1.165) is 22.7 Å². The summed E-state index contributed by atoms with van der Waals surface area (Å²) in [6.45, 7) is 2.06. The average Bonchev–Trinajstić information content (AvgIpc) is 2.76. The van der Waals surface area contributed by atoms with Crippen LogP contribution < -0.4 is 0 Å². The Kier molecular flexibility index (Phi) is 3.49. The zero-order chi connectivity index (χ0) is 12.3. The van der Waals surface area contributed by atoms with E-state index in [2.05, 4.69) is 16.9 Å². The van der Waals surface area contributed by atoms with Crippen molar-refractivity contribution >= 4 is 17.3 Å². The van der Waals surface area contributed by atoms with Crippen LogP contribution >= 0.6 is 11.3 Å². The number of aliphatic carboxylic acids is 1. The smallest absolute Gasteiger partial charge is 0.309 e. The Morgan fingerprint density at radius 1 is 1.53 bits per heavy atom. The number of aryl methyl sites for hydroxylation is 1. The first-order valence-corrected chi connectivity index (χ1v) is 6.19. The van der Waals surface area contributed by atoms with Crippen molar-refractivity contribution in [1.29, 1.82) is 0 Å². The van der Waals surface area contributed by atoms with Crippen molar-refractivity contribution in [2.45, 2.75) is 19.8 Å². The number of hydrogen-bond acceptors (Lipinski definition) is 4. The molecule has 4 nitrogen and oxygen atoms in total. The van der Waals surface area contributed by atoms with Crippen LogP contribution in [-0.2, 0) is 17.6 Å². The molecule has 0 saturated carbocycles. The van der Waals surface area contributed by atoms with Crippen molar-refractivity contribution in [3.63, 3.8) is 0 Å². The maximum absolute atomic E-state index is 10.6. The molecule has 0 aliphatic heterocycles. The number of carbonyl (C=O) groups is 1. The minimum atomic E-state index is -0.862. The van der Waals surface area contributed by atoms with Gasteiger partial charge < -0.3 is 5.11 Å². The fraction of sp³-hybridized carbons (Fsp3) is 0.250. The Morgan fingerprint density at radius 2 is 2.35 bits per heavy atom. The van der Waals surface area contributed by atoms with Crippen LogP contribution in [0.1, 0.15) is 18.2 Å². The Hall–Kier alpha value is -1.75. The lowest BCUT2D eigenvalue weighted by atomic mass is 10.1. The number of carboxylic acid groups (broad SMARTS) is 1. The van der Waals surface area contributed by atoms with Crippen LogP contribution in [0.3, 0.4) is 0 Å². The first kappa shape index (κ1) is 11.7. The second-order valence-electron chi connectivity index (χ2n) is 3.58. The van der Waals surface area contributed by atoms with Gasteiger partial charge in [0, 0.05) is 11.6 Å². The maximum Gasteiger partial charge on any atom is 0.309 e. The maximum atomic E-state index is 10.6. The molecule has 1 N–H and O–H groups in total. The highest BCUT2D eigenvalue weighted by molar-refractivity contribution is 7.13. The fourth-order valence-corrected chi connectivity index (χ4v) is 2.42. The van der Waals surface area contributed by atoms with Crippen molar-refractivity contribution < 1.29 is 9.90 Å². The molecule has 0 spiro atoms. The van der Waals surface area contributed by atoms with Crippen LogP contribution in [-0.4, -0.2) is 21.0 Å². The van der Waals surface area contributed by atoms with E-state index in [1.807, 2.05) is 12.1 Å². The molecule has 0 aliphatic carbocycles. The molecule has 0 unspecified atom stereocenters. The summed E-state index contributed by atoms with van der Waals surface area (Å²) in [4.78, 5) is 19.2. The van der Waals surface area contributed by atoms with Gasteiger partial charge in [0.15, 0.2) is 0 Å². The molecular weight excluding hydrogens is 236 g/mol. The van der Waals surface area contributed by atoms with Gasteiger partial charge in [-0.15, -0.1) is 11.3 Å². The molecule has 0 bridgehead atoms. The minimum Gasteiger partial charge on any atom is -0.481 e. The second-order valence-corrected chi connectivity index (χ2v) is 4.44. The summed E-state index contributed by atoms with van der Waals surface area (Å²) in [7, 11) is 0. The number of rotatable bonds is 4. The number of hydrogen-bond donors (Lipinski definition) is 1. The van der Waals surface area contributed by atoms with E-state index in [1.165, 1.54) is 11.3 Å². The van der Waals surface area contributed by atoms with Gasteiger partial charge in [-0.05, 0) is 18.1 Å². The van der Waals surface area contributed by atoms with E-state index in [-0.39, 0.29) is 6.42 Å². The quantitative estimate of drug-likeness (QED) is 0.902. The van der Waals surface area contributed by atoms with Gasteiger partial charge in [-0.25, -0.2) is 4.98 Å². The van der Waals surface area contributed by atoms with Crippen LogP contribution in [0, 0.1) is 0 Å². The van der Waals surface area contributed by atoms with Gasteiger partial charge in [-0.1, -0.05) is 13.0 Å². The first-order valence-electron chi connectivity index (χ1n) is 5.31. The van der Waals surface area contributed by atoms with Crippen molar-refractivity contribution in [2.75, 3.05) is 0 Å². The summed E-state index contributed by atoms with van der Waals surface area (Å²) >= 11 is 1.44. The predicted molar refractivity (Wildman–Crippen MR) is 66.1 cm³/mol. The van der Waals surface area contributed by atoms with Crippen molar-refractivity contribution in [1.82, 2.24) is 9.97 Å². The minimum absolute atomic E-state index is 0.0369. The van der Waals surface area contributed by atoms with E-state index >= 15 is 0 Å². The molecule has 0 saturated heterocycles. The van der Waals surface area contributed by atoms with E-state index in [0.29, 0.717) is 5.69 Å². The Bertz CT molecular complexity index is 537. The van der Waals surface area contributed by atoms with Gasteiger partial charge in [0.2, 0.25) is 0 Å². The van der Waals surface area contributed by atoms with Crippen LogP contribution in [0.15, 0.2) is 23.7 Å². The summed E-state index contributed by atoms with van der Waals surface area (Å²) in [6, 6.07) is 3.91. The monoisotopic (exact) mass is 248 g/mol. The highest BCUT2D eigenvalue weighted by Gasteiger charge is 2.11. The van der Waals surface area contributed by atoms with Gasteiger partial charge in [-0.3, -0.25) is 9.78 Å². The van der Waals surface area contributed by atoms with Crippen LogP contribution in [0.25, 0.3) is 10.7 Å². The molecule has 0 aliphatic rings. The summed E-state index contributed by atoms with van der Waals surface area (Å²) in [5.74, 6) is -0.862. The highest BCUT2D eigenvalue weighted by Crippen LogP contribution is 2.25. The predicted octanol–water partition coefficient (Wildman–Crippen LogP) is 2.39. The number of pyridine rings is 1. The first-order chi connectivity index (χ1) is 8.20. The molecule has 0 aromatic carbocycles.